The van der Waals surface area contributed by atoms with Crippen LogP contribution in [-0.4, -0.2) is 29.7 Å². The molecule has 1 aliphatic heterocycles. The number of amides is 1. The molecule has 0 aliphatic carbocycles. The Balaban J connectivity index is 2.07. The molecule has 0 saturated heterocycles. The van der Waals surface area contributed by atoms with Crippen molar-refractivity contribution in [3.05, 3.63) is 37.9 Å². The molecule has 1 amide bonds. The molecule has 21 heavy (non-hydrogen) atoms. The second-order valence-corrected chi connectivity index (χ2v) is 8.13. The molecule has 2 rings (SSSR count). The highest BCUT2D eigenvalue weighted by molar-refractivity contribution is 14.1. The summed E-state index contributed by atoms with van der Waals surface area (Å²) in [7, 11) is 0. The number of halogens is 2. The van der Waals surface area contributed by atoms with Crippen molar-refractivity contribution in [2.75, 3.05) is 13.1 Å². The Labute approximate surface area is 148 Å². The van der Waals surface area contributed by atoms with Gasteiger partial charge in [-0.05, 0) is 73.1 Å². The van der Waals surface area contributed by atoms with Crippen LogP contribution in [0, 0.1) is 3.57 Å². The molecule has 0 bridgehead atoms. The Morgan fingerprint density at radius 3 is 2.62 bits per heavy atom. The zero-order valence-electron chi connectivity index (χ0n) is 12.5. The van der Waals surface area contributed by atoms with E-state index in [2.05, 4.69) is 62.8 Å². The summed E-state index contributed by atoms with van der Waals surface area (Å²) in [5.41, 5.74) is 2.04. The molecule has 0 aromatic heterocycles. The summed E-state index contributed by atoms with van der Waals surface area (Å²) in [6.07, 6.45) is 2.72. The Morgan fingerprint density at radius 1 is 1.38 bits per heavy atom. The highest BCUT2D eigenvalue weighted by Crippen LogP contribution is 2.30. The first-order valence-electron chi connectivity index (χ1n) is 6.88. The van der Waals surface area contributed by atoms with Gasteiger partial charge in [-0.3, -0.25) is 0 Å². The van der Waals surface area contributed by atoms with Gasteiger partial charge in [-0.2, -0.15) is 0 Å². The molecule has 0 radical (unpaired) electrons. The van der Waals surface area contributed by atoms with Crippen molar-refractivity contribution >= 4 is 50.2 Å². The van der Waals surface area contributed by atoms with Crippen LogP contribution in [0.25, 0.3) is 5.57 Å². The third-order valence-corrected chi connectivity index (χ3v) is 4.46. The lowest BCUT2D eigenvalue weighted by molar-refractivity contribution is 0.0270. The fraction of sp³-hybridized carbons (Fsp3) is 0.438. The zero-order chi connectivity index (χ0) is 15.6. The van der Waals surface area contributed by atoms with Gasteiger partial charge in [-0.1, -0.05) is 28.1 Å². The molecule has 1 aromatic rings. The normalized spacial score (nSPS) is 15.7. The Kier molecular flexibility index (Phi) is 5.35. The van der Waals surface area contributed by atoms with E-state index in [9.17, 15) is 4.79 Å². The van der Waals surface area contributed by atoms with Gasteiger partial charge in [0.2, 0.25) is 0 Å². The third kappa shape index (κ3) is 4.71. The predicted molar refractivity (Wildman–Crippen MR) is 97.3 cm³/mol. The van der Waals surface area contributed by atoms with E-state index in [-0.39, 0.29) is 6.09 Å². The van der Waals surface area contributed by atoms with Crippen molar-refractivity contribution in [3.63, 3.8) is 0 Å². The Morgan fingerprint density at radius 2 is 2.10 bits per heavy atom. The summed E-state index contributed by atoms with van der Waals surface area (Å²) in [4.78, 5) is 13.8. The van der Waals surface area contributed by atoms with Crippen molar-refractivity contribution in [3.8, 4) is 0 Å². The molecular formula is C16H19BrINO2. The molecule has 1 heterocycles. The van der Waals surface area contributed by atoms with Gasteiger partial charge in [0.05, 0.1) is 0 Å². The minimum Gasteiger partial charge on any atom is -0.444 e. The van der Waals surface area contributed by atoms with Crippen LogP contribution in [0.15, 0.2) is 28.7 Å². The van der Waals surface area contributed by atoms with Gasteiger partial charge >= 0.3 is 6.09 Å². The molecule has 0 atom stereocenters. The number of hydrogen-bond acceptors (Lipinski definition) is 2. The maximum atomic E-state index is 12.0. The van der Waals surface area contributed by atoms with Gasteiger partial charge in [-0.25, -0.2) is 4.79 Å². The molecule has 3 nitrogen and oxygen atoms in total. The summed E-state index contributed by atoms with van der Waals surface area (Å²) in [6, 6.07) is 6.33. The van der Waals surface area contributed by atoms with Crippen LogP contribution >= 0.6 is 38.5 Å². The smallest absolute Gasteiger partial charge is 0.410 e. The molecule has 0 saturated carbocycles. The number of carbonyl (C=O) groups is 1. The van der Waals surface area contributed by atoms with Crippen LogP contribution in [0.4, 0.5) is 4.79 Å². The predicted octanol–water partition coefficient (Wildman–Crippen LogP) is 5.08. The lowest BCUT2D eigenvalue weighted by Gasteiger charge is -2.29. The highest BCUT2D eigenvalue weighted by Gasteiger charge is 2.24. The third-order valence-electron chi connectivity index (χ3n) is 3.14. The number of benzene rings is 1. The summed E-state index contributed by atoms with van der Waals surface area (Å²) in [5.74, 6) is 0. The first-order valence-corrected chi connectivity index (χ1v) is 8.76. The van der Waals surface area contributed by atoms with E-state index in [1.165, 1.54) is 14.7 Å². The monoisotopic (exact) mass is 463 g/mol. The van der Waals surface area contributed by atoms with Gasteiger partial charge in [0.1, 0.15) is 5.60 Å². The van der Waals surface area contributed by atoms with E-state index in [0.717, 1.165) is 10.9 Å². The molecule has 0 N–H and O–H groups in total. The van der Waals surface area contributed by atoms with E-state index in [1.54, 1.807) is 4.90 Å². The van der Waals surface area contributed by atoms with Gasteiger partial charge in [0, 0.05) is 21.1 Å². The molecule has 0 unspecified atom stereocenters. The van der Waals surface area contributed by atoms with Crippen molar-refractivity contribution in [1.82, 2.24) is 4.90 Å². The summed E-state index contributed by atoms with van der Waals surface area (Å²) in [6.45, 7) is 6.96. The van der Waals surface area contributed by atoms with Crippen molar-refractivity contribution in [2.24, 2.45) is 0 Å². The largest absolute Gasteiger partial charge is 0.444 e. The topological polar surface area (TPSA) is 29.5 Å². The number of rotatable bonds is 1. The van der Waals surface area contributed by atoms with Crippen LogP contribution in [0.3, 0.4) is 0 Å². The second-order valence-electron chi connectivity index (χ2n) is 6.03. The Hall–Kier alpha value is -0.560. The summed E-state index contributed by atoms with van der Waals surface area (Å²) in [5, 5.41) is 0. The first-order chi connectivity index (χ1) is 9.76. The number of carbonyl (C=O) groups excluding carboxylic acids is 1. The fourth-order valence-electron chi connectivity index (χ4n) is 2.16. The average molecular weight is 464 g/mol. The van der Waals surface area contributed by atoms with Crippen LogP contribution < -0.4 is 0 Å². The average Bonchev–Trinajstić information content (AvgIpc) is 2.37. The minimum absolute atomic E-state index is 0.237. The van der Waals surface area contributed by atoms with Crippen molar-refractivity contribution in [1.29, 1.82) is 0 Å². The molecular weight excluding hydrogens is 445 g/mol. The standard InChI is InChI=1S/C16H19BrINO2/c1-16(2,3)21-15(20)19-8-6-11(7-9-19)13-5-4-12(18)10-14(13)17/h4-6,10H,7-9H2,1-3H3. The maximum Gasteiger partial charge on any atom is 0.410 e. The fourth-order valence-corrected chi connectivity index (χ4v) is 3.71. The van der Waals surface area contributed by atoms with E-state index in [1.807, 2.05) is 20.8 Å². The van der Waals surface area contributed by atoms with Crippen molar-refractivity contribution in [2.45, 2.75) is 32.8 Å². The minimum atomic E-state index is -0.444. The number of ether oxygens (including phenoxy) is 1. The molecule has 114 valence electrons. The van der Waals surface area contributed by atoms with Crippen LogP contribution in [0.1, 0.15) is 32.8 Å². The summed E-state index contributed by atoms with van der Waals surface area (Å²) >= 11 is 5.91. The highest BCUT2D eigenvalue weighted by atomic mass is 127. The van der Waals surface area contributed by atoms with Crippen molar-refractivity contribution < 1.29 is 9.53 Å². The van der Waals surface area contributed by atoms with Gasteiger partial charge in [0.15, 0.2) is 0 Å². The van der Waals surface area contributed by atoms with Gasteiger partial charge in [-0.15, -0.1) is 0 Å². The van der Waals surface area contributed by atoms with E-state index in [4.69, 9.17) is 4.74 Å². The lowest BCUT2D eigenvalue weighted by atomic mass is 10.00. The van der Waals surface area contributed by atoms with Crippen LogP contribution in [-0.2, 0) is 4.74 Å². The zero-order valence-corrected chi connectivity index (χ0v) is 16.2. The second kappa shape index (κ2) is 6.69. The Bertz CT molecular complexity index is 578. The van der Waals surface area contributed by atoms with E-state index < -0.39 is 5.60 Å². The maximum absolute atomic E-state index is 12.0. The SMILES string of the molecule is CC(C)(C)OC(=O)N1CC=C(c2ccc(I)cc2Br)CC1. The lowest BCUT2D eigenvalue weighted by Crippen LogP contribution is -2.39. The van der Waals surface area contributed by atoms with Gasteiger partial charge in [0.25, 0.3) is 0 Å². The van der Waals surface area contributed by atoms with Crippen LogP contribution in [0.5, 0.6) is 0 Å². The van der Waals surface area contributed by atoms with Crippen LogP contribution in [0.2, 0.25) is 0 Å². The van der Waals surface area contributed by atoms with E-state index >= 15 is 0 Å². The molecule has 0 spiro atoms. The number of nitrogens with zero attached hydrogens (tertiary/aromatic N) is 1. The quantitative estimate of drug-likeness (QED) is 0.543. The molecule has 1 aromatic carbocycles. The number of hydrogen-bond donors (Lipinski definition) is 0. The first kappa shape index (κ1) is 16.8. The molecule has 5 heteroatoms. The molecule has 0 fully saturated rings. The van der Waals surface area contributed by atoms with E-state index in [0.29, 0.717) is 13.1 Å². The van der Waals surface area contributed by atoms with Gasteiger partial charge < -0.3 is 9.64 Å². The summed E-state index contributed by atoms with van der Waals surface area (Å²) < 4.78 is 7.71. The molecule has 1 aliphatic rings.